The first-order chi connectivity index (χ1) is 9.83. The number of hydrogen-bond acceptors (Lipinski definition) is 2. The summed E-state index contributed by atoms with van der Waals surface area (Å²) >= 11 is 1.73. The van der Waals surface area contributed by atoms with Gasteiger partial charge < -0.3 is 0 Å². The highest BCUT2D eigenvalue weighted by Gasteiger charge is 2.07. The van der Waals surface area contributed by atoms with E-state index in [1.807, 2.05) is 6.07 Å². The van der Waals surface area contributed by atoms with E-state index in [0.29, 0.717) is 0 Å². The van der Waals surface area contributed by atoms with Crippen LogP contribution in [0.3, 0.4) is 0 Å². The lowest BCUT2D eigenvalue weighted by atomic mass is 10.0. The number of pyridine rings is 1. The van der Waals surface area contributed by atoms with Gasteiger partial charge in [0.1, 0.15) is 0 Å². The summed E-state index contributed by atoms with van der Waals surface area (Å²) in [6, 6.07) is 17.0. The molecule has 4 rings (SSSR count). The SMILES string of the molecule is Cc1c2ccccc2nc2ccc(-c3ccsc3)cc12. The predicted molar refractivity (Wildman–Crippen MR) is 87.3 cm³/mol. The molecule has 0 radical (unpaired) electrons. The van der Waals surface area contributed by atoms with Crippen molar-refractivity contribution in [3.63, 3.8) is 0 Å². The average Bonchev–Trinajstić information content (AvgIpc) is 3.02. The largest absolute Gasteiger partial charge is 0.248 e. The monoisotopic (exact) mass is 275 g/mol. The van der Waals surface area contributed by atoms with Crippen molar-refractivity contribution < 1.29 is 0 Å². The van der Waals surface area contributed by atoms with Crippen molar-refractivity contribution in [3.05, 3.63) is 64.9 Å². The van der Waals surface area contributed by atoms with E-state index in [1.165, 1.54) is 27.5 Å². The van der Waals surface area contributed by atoms with Crippen LogP contribution in [0.25, 0.3) is 32.9 Å². The van der Waals surface area contributed by atoms with Crippen molar-refractivity contribution in [2.45, 2.75) is 6.92 Å². The highest BCUT2D eigenvalue weighted by Crippen LogP contribution is 2.30. The molecule has 0 saturated carbocycles. The van der Waals surface area contributed by atoms with Crippen molar-refractivity contribution in [2.24, 2.45) is 0 Å². The number of rotatable bonds is 1. The van der Waals surface area contributed by atoms with Crippen LogP contribution in [0.4, 0.5) is 0 Å². The van der Waals surface area contributed by atoms with Gasteiger partial charge in [-0.15, -0.1) is 0 Å². The zero-order valence-corrected chi connectivity index (χ0v) is 11.9. The van der Waals surface area contributed by atoms with E-state index < -0.39 is 0 Å². The molecule has 0 atom stereocenters. The molecule has 0 aliphatic carbocycles. The Labute approximate surface area is 121 Å². The van der Waals surface area contributed by atoms with Gasteiger partial charge in [0.2, 0.25) is 0 Å². The van der Waals surface area contributed by atoms with Crippen LogP contribution in [0.5, 0.6) is 0 Å². The third-order valence-corrected chi connectivity index (χ3v) is 4.49. The molecule has 0 aliphatic heterocycles. The molecule has 2 aromatic carbocycles. The quantitative estimate of drug-likeness (QED) is 0.422. The molecule has 2 heterocycles. The molecule has 2 aromatic heterocycles. The summed E-state index contributed by atoms with van der Waals surface area (Å²) in [6.45, 7) is 2.18. The minimum absolute atomic E-state index is 1.07. The van der Waals surface area contributed by atoms with Crippen molar-refractivity contribution >= 4 is 33.1 Å². The van der Waals surface area contributed by atoms with Gasteiger partial charge in [-0.2, -0.15) is 11.3 Å². The lowest BCUT2D eigenvalue weighted by molar-refractivity contribution is 1.45. The van der Waals surface area contributed by atoms with Crippen LogP contribution in [0.2, 0.25) is 0 Å². The Hall–Kier alpha value is -2.19. The summed E-state index contributed by atoms with van der Waals surface area (Å²) in [5.41, 5.74) is 5.99. The van der Waals surface area contributed by atoms with E-state index in [4.69, 9.17) is 4.98 Å². The summed E-state index contributed by atoms with van der Waals surface area (Å²) in [6.07, 6.45) is 0. The van der Waals surface area contributed by atoms with Gasteiger partial charge >= 0.3 is 0 Å². The molecule has 2 heteroatoms. The molecule has 0 fully saturated rings. The van der Waals surface area contributed by atoms with Crippen molar-refractivity contribution in [1.82, 2.24) is 4.98 Å². The first-order valence-electron chi connectivity index (χ1n) is 6.64. The summed E-state index contributed by atoms with van der Waals surface area (Å²) in [4.78, 5) is 4.76. The minimum Gasteiger partial charge on any atom is -0.248 e. The zero-order valence-electron chi connectivity index (χ0n) is 11.1. The highest BCUT2D eigenvalue weighted by molar-refractivity contribution is 7.08. The first-order valence-corrected chi connectivity index (χ1v) is 7.59. The molecule has 0 spiro atoms. The van der Waals surface area contributed by atoms with Crippen molar-refractivity contribution in [3.8, 4) is 11.1 Å². The lowest BCUT2D eigenvalue weighted by Crippen LogP contribution is -1.88. The molecule has 0 N–H and O–H groups in total. The van der Waals surface area contributed by atoms with Gasteiger partial charge in [-0.3, -0.25) is 0 Å². The van der Waals surface area contributed by atoms with E-state index in [0.717, 1.165) is 11.0 Å². The Morgan fingerprint density at radius 2 is 1.70 bits per heavy atom. The van der Waals surface area contributed by atoms with E-state index in [2.05, 4.69) is 60.1 Å². The zero-order chi connectivity index (χ0) is 13.5. The Kier molecular flexibility index (Phi) is 2.57. The molecule has 0 unspecified atom stereocenters. The maximum Gasteiger partial charge on any atom is 0.0712 e. The third-order valence-electron chi connectivity index (χ3n) is 3.80. The highest BCUT2D eigenvalue weighted by atomic mass is 32.1. The number of aryl methyl sites for hydroxylation is 1. The lowest BCUT2D eigenvalue weighted by Gasteiger charge is -2.08. The average molecular weight is 275 g/mol. The number of aromatic nitrogens is 1. The van der Waals surface area contributed by atoms with Gasteiger partial charge in [0.25, 0.3) is 0 Å². The number of para-hydroxylation sites is 1. The van der Waals surface area contributed by atoms with Crippen LogP contribution in [-0.4, -0.2) is 4.98 Å². The molecule has 0 saturated heterocycles. The molecule has 0 amide bonds. The molecule has 1 nitrogen and oxygen atoms in total. The molecule has 20 heavy (non-hydrogen) atoms. The fraction of sp³-hybridized carbons (Fsp3) is 0.0556. The molecule has 96 valence electrons. The number of fused-ring (bicyclic) bond motifs is 2. The van der Waals surface area contributed by atoms with Crippen molar-refractivity contribution in [1.29, 1.82) is 0 Å². The second-order valence-electron chi connectivity index (χ2n) is 5.00. The Balaban J connectivity index is 2.07. The maximum atomic E-state index is 4.76. The van der Waals surface area contributed by atoms with E-state index in [1.54, 1.807) is 11.3 Å². The standard InChI is InChI=1S/C18H13NS/c1-12-15-4-2-3-5-17(15)19-18-7-6-13(10-16(12)18)14-8-9-20-11-14/h2-11H,1H3. The first kappa shape index (κ1) is 11.6. The summed E-state index contributed by atoms with van der Waals surface area (Å²) in [5, 5.41) is 6.78. The van der Waals surface area contributed by atoms with Gasteiger partial charge in [-0.1, -0.05) is 24.3 Å². The number of thiophene rings is 1. The Bertz CT molecular complexity index is 907. The maximum absolute atomic E-state index is 4.76. The van der Waals surface area contributed by atoms with Gasteiger partial charge in [-0.25, -0.2) is 4.98 Å². The minimum atomic E-state index is 1.07. The van der Waals surface area contributed by atoms with Gasteiger partial charge in [0.05, 0.1) is 11.0 Å². The second kappa shape index (κ2) is 4.43. The normalized spacial score (nSPS) is 11.2. The molecule has 0 bridgehead atoms. The number of benzene rings is 2. The predicted octanol–water partition coefficient (Wildman–Crippen LogP) is 5.42. The fourth-order valence-electron chi connectivity index (χ4n) is 2.71. The summed E-state index contributed by atoms with van der Waals surface area (Å²) in [7, 11) is 0. The van der Waals surface area contributed by atoms with Gasteiger partial charge in [0, 0.05) is 10.8 Å². The van der Waals surface area contributed by atoms with Crippen LogP contribution in [0, 0.1) is 6.92 Å². The fourth-order valence-corrected chi connectivity index (χ4v) is 3.37. The van der Waals surface area contributed by atoms with E-state index in [9.17, 15) is 0 Å². The number of nitrogens with zero attached hydrogens (tertiary/aromatic N) is 1. The molecule has 4 aromatic rings. The smallest absolute Gasteiger partial charge is 0.0712 e. The number of hydrogen-bond donors (Lipinski definition) is 0. The van der Waals surface area contributed by atoms with Crippen LogP contribution in [0.15, 0.2) is 59.3 Å². The third kappa shape index (κ3) is 1.73. The van der Waals surface area contributed by atoms with Crippen LogP contribution < -0.4 is 0 Å². The van der Waals surface area contributed by atoms with Gasteiger partial charge in [0.15, 0.2) is 0 Å². The molecule has 0 aliphatic rings. The van der Waals surface area contributed by atoms with Crippen molar-refractivity contribution in [2.75, 3.05) is 0 Å². The van der Waals surface area contributed by atoms with E-state index in [-0.39, 0.29) is 0 Å². The summed E-state index contributed by atoms with van der Waals surface area (Å²) < 4.78 is 0. The molecular formula is C18H13NS. The van der Waals surface area contributed by atoms with Gasteiger partial charge in [-0.05, 0) is 58.6 Å². The van der Waals surface area contributed by atoms with Crippen LogP contribution >= 0.6 is 11.3 Å². The second-order valence-corrected chi connectivity index (χ2v) is 5.78. The topological polar surface area (TPSA) is 12.9 Å². The molecular weight excluding hydrogens is 262 g/mol. The van der Waals surface area contributed by atoms with E-state index >= 15 is 0 Å². The van der Waals surface area contributed by atoms with Crippen LogP contribution in [0.1, 0.15) is 5.56 Å². The summed E-state index contributed by atoms with van der Waals surface area (Å²) in [5.74, 6) is 0. The Morgan fingerprint density at radius 1 is 0.850 bits per heavy atom. The Morgan fingerprint density at radius 3 is 2.55 bits per heavy atom. The van der Waals surface area contributed by atoms with Crippen LogP contribution in [-0.2, 0) is 0 Å².